The van der Waals surface area contributed by atoms with Crippen LogP contribution >= 0.6 is 11.3 Å². The van der Waals surface area contributed by atoms with E-state index in [1.54, 1.807) is 35.2 Å². The van der Waals surface area contributed by atoms with Gasteiger partial charge in [-0.3, -0.25) is 14.4 Å². The maximum atomic E-state index is 12.1. The average Bonchev–Trinajstić information content (AvgIpc) is 3.33. The molecule has 1 saturated heterocycles. The summed E-state index contributed by atoms with van der Waals surface area (Å²) in [4.78, 5) is 38.4. The monoisotopic (exact) mass is 357 g/mol. The van der Waals surface area contributed by atoms with Crippen molar-refractivity contribution < 1.29 is 14.4 Å². The molecule has 1 aromatic carbocycles. The highest BCUT2D eigenvalue weighted by atomic mass is 32.1. The lowest BCUT2D eigenvalue weighted by Crippen LogP contribution is -2.38. The molecule has 0 bridgehead atoms. The van der Waals surface area contributed by atoms with E-state index >= 15 is 0 Å². The lowest BCUT2D eigenvalue weighted by molar-refractivity contribution is -0.129. The lowest BCUT2D eigenvalue weighted by Gasteiger charge is -2.15. The van der Waals surface area contributed by atoms with Crippen LogP contribution in [0.2, 0.25) is 0 Å². The molecule has 1 fully saturated rings. The first-order valence-electron chi connectivity index (χ1n) is 8.14. The van der Waals surface area contributed by atoms with Crippen LogP contribution in [-0.2, 0) is 4.79 Å². The first-order chi connectivity index (χ1) is 12.1. The summed E-state index contributed by atoms with van der Waals surface area (Å²) in [5, 5.41) is 7.26. The maximum Gasteiger partial charge on any atom is 0.265 e. The smallest absolute Gasteiger partial charge is 0.265 e. The Morgan fingerprint density at radius 1 is 1.00 bits per heavy atom. The predicted molar refractivity (Wildman–Crippen MR) is 96.9 cm³/mol. The third kappa shape index (κ3) is 4.45. The fourth-order valence-corrected chi connectivity index (χ4v) is 3.26. The Hall–Kier alpha value is -2.67. The molecule has 0 unspecified atom stereocenters. The summed E-state index contributed by atoms with van der Waals surface area (Å²) >= 11 is 1.37. The van der Waals surface area contributed by atoms with Crippen LogP contribution in [0.4, 0.5) is 5.69 Å². The third-order valence-corrected chi connectivity index (χ3v) is 4.88. The van der Waals surface area contributed by atoms with Crippen molar-refractivity contribution in [2.75, 3.05) is 25.0 Å². The van der Waals surface area contributed by atoms with E-state index in [-0.39, 0.29) is 24.3 Å². The van der Waals surface area contributed by atoms with Crippen LogP contribution in [0.1, 0.15) is 32.9 Å². The normalized spacial score (nSPS) is 13.5. The SMILES string of the molecule is O=C(NCC(=O)N1CCCC1)c1ccc(NC(=O)c2cccs2)cc1. The van der Waals surface area contributed by atoms with Crippen LogP contribution in [0.15, 0.2) is 41.8 Å². The number of amides is 3. The van der Waals surface area contributed by atoms with Crippen molar-refractivity contribution in [3.63, 3.8) is 0 Å². The number of carbonyl (C=O) groups excluding carboxylic acids is 3. The zero-order valence-electron chi connectivity index (χ0n) is 13.7. The molecule has 0 atom stereocenters. The molecule has 1 aliphatic heterocycles. The van der Waals surface area contributed by atoms with Gasteiger partial charge in [-0.2, -0.15) is 0 Å². The van der Waals surface area contributed by atoms with Gasteiger partial charge in [-0.1, -0.05) is 6.07 Å². The number of nitrogens with one attached hydrogen (secondary N) is 2. The van der Waals surface area contributed by atoms with Crippen LogP contribution in [0.3, 0.4) is 0 Å². The second-order valence-corrected chi connectivity index (χ2v) is 6.73. The van der Waals surface area contributed by atoms with Gasteiger partial charge < -0.3 is 15.5 Å². The Labute approximate surface area is 149 Å². The van der Waals surface area contributed by atoms with Crippen molar-refractivity contribution in [3.05, 3.63) is 52.2 Å². The number of hydrogen-bond acceptors (Lipinski definition) is 4. The van der Waals surface area contributed by atoms with Gasteiger partial charge in [0.1, 0.15) is 0 Å². The number of carbonyl (C=O) groups is 3. The molecule has 2 heterocycles. The predicted octanol–water partition coefficient (Wildman–Crippen LogP) is 2.35. The van der Waals surface area contributed by atoms with Crippen molar-refractivity contribution in [2.24, 2.45) is 0 Å². The van der Waals surface area contributed by atoms with Crippen molar-refractivity contribution >= 4 is 34.7 Å². The molecule has 0 spiro atoms. The molecule has 0 saturated carbocycles. The molecule has 3 amide bonds. The molecule has 25 heavy (non-hydrogen) atoms. The fourth-order valence-electron chi connectivity index (χ4n) is 2.64. The Morgan fingerprint density at radius 3 is 2.36 bits per heavy atom. The number of rotatable bonds is 5. The maximum absolute atomic E-state index is 12.1. The van der Waals surface area contributed by atoms with E-state index in [9.17, 15) is 14.4 Å². The van der Waals surface area contributed by atoms with Crippen molar-refractivity contribution in [1.82, 2.24) is 10.2 Å². The highest BCUT2D eigenvalue weighted by Gasteiger charge is 2.18. The summed E-state index contributed by atoms with van der Waals surface area (Å²) in [5.74, 6) is -0.530. The van der Waals surface area contributed by atoms with Crippen molar-refractivity contribution in [2.45, 2.75) is 12.8 Å². The fraction of sp³-hybridized carbons (Fsp3) is 0.278. The largest absolute Gasteiger partial charge is 0.343 e. The second kappa shape index (κ2) is 7.94. The highest BCUT2D eigenvalue weighted by molar-refractivity contribution is 7.12. The quantitative estimate of drug-likeness (QED) is 0.862. The molecule has 2 N–H and O–H groups in total. The number of benzene rings is 1. The molecule has 3 rings (SSSR count). The number of thiophene rings is 1. The van der Waals surface area contributed by atoms with Gasteiger partial charge in [0.2, 0.25) is 5.91 Å². The zero-order chi connectivity index (χ0) is 17.6. The number of anilines is 1. The summed E-state index contributed by atoms with van der Waals surface area (Å²) in [7, 11) is 0. The first kappa shape index (κ1) is 17.2. The Balaban J connectivity index is 1.51. The summed E-state index contributed by atoms with van der Waals surface area (Å²) in [5.41, 5.74) is 1.06. The molecule has 130 valence electrons. The van der Waals surface area contributed by atoms with Crippen LogP contribution < -0.4 is 10.6 Å². The Kier molecular flexibility index (Phi) is 5.45. The highest BCUT2D eigenvalue weighted by Crippen LogP contribution is 2.14. The summed E-state index contributed by atoms with van der Waals surface area (Å²) in [6.45, 7) is 1.55. The summed E-state index contributed by atoms with van der Waals surface area (Å²) < 4.78 is 0. The minimum Gasteiger partial charge on any atom is -0.343 e. The average molecular weight is 357 g/mol. The topological polar surface area (TPSA) is 78.5 Å². The summed E-state index contributed by atoms with van der Waals surface area (Å²) in [6, 6.07) is 10.2. The lowest BCUT2D eigenvalue weighted by atomic mass is 10.2. The molecular formula is C18H19N3O3S. The van der Waals surface area contributed by atoms with Gasteiger partial charge >= 0.3 is 0 Å². The minimum absolute atomic E-state index is 0.00962. The van der Waals surface area contributed by atoms with Crippen LogP contribution in [0.25, 0.3) is 0 Å². The first-order valence-corrected chi connectivity index (χ1v) is 9.02. The van der Waals surface area contributed by atoms with Gasteiger partial charge in [-0.05, 0) is 48.6 Å². The van der Waals surface area contributed by atoms with E-state index in [2.05, 4.69) is 10.6 Å². The van der Waals surface area contributed by atoms with Gasteiger partial charge in [0.05, 0.1) is 11.4 Å². The number of nitrogens with zero attached hydrogens (tertiary/aromatic N) is 1. The van der Waals surface area contributed by atoms with E-state index in [4.69, 9.17) is 0 Å². The van der Waals surface area contributed by atoms with Gasteiger partial charge in [-0.15, -0.1) is 11.3 Å². The molecule has 2 aromatic rings. The van der Waals surface area contributed by atoms with E-state index in [1.807, 2.05) is 11.4 Å². The third-order valence-electron chi connectivity index (χ3n) is 4.01. The molecule has 6 nitrogen and oxygen atoms in total. The van der Waals surface area contributed by atoms with Crippen LogP contribution in [-0.4, -0.2) is 42.3 Å². The van der Waals surface area contributed by atoms with E-state index in [0.717, 1.165) is 25.9 Å². The van der Waals surface area contributed by atoms with Gasteiger partial charge in [0.15, 0.2) is 0 Å². The molecule has 0 radical (unpaired) electrons. The van der Waals surface area contributed by atoms with Gasteiger partial charge in [-0.25, -0.2) is 0 Å². The molecular weight excluding hydrogens is 338 g/mol. The molecule has 0 aliphatic carbocycles. The van der Waals surface area contributed by atoms with Gasteiger partial charge in [0, 0.05) is 24.3 Å². The summed E-state index contributed by atoms with van der Waals surface area (Å²) in [6.07, 6.45) is 2.05. The van der Waals surface area contributed by atoms with Gasteiger partial charge in [0.25, 0.3) is 11.8 Å². The van der Waals surface area contributed by atoms with Crippen LogP contribution in [0, 0.1) is 0 Å². The van der Waals surface area contributed by atoms with E-state index in [1.165, 1.54) is 11.3 Å². The zero-order valence-corrected chi connectivity index (χ0v) is 14.5. The van der Waals surface area contributed by atoms with Crippen LogP contribution in [0.5, 0.6) is 0 Å². The van der Waals surface area contributed by atoms with Crippen molar-refractivity contribution in [3.8, 4) is 0 Å². The second-order valence-electron chi connectivity index (χ2n) is 5.78. The van der Waals surface area contributed by atoms with E-state index < -0.39 is 0 Å². The number of likely N-dealkylation sites (tertiary alicyclic amines) is 1. The molecule has 7 heteroatoms. The molecule has 1 aromatic heterocycles. The Bertz CT molecular complexity index is 750. The number of hydrogen-bond donors (Lipinski definition) is 2. The van der Waals surface area contributed by atoms with E-state index in [0.29, 0.717) is 16.1 Å². The van der Waals surface area contributed by atoms with Crippen molar-refractivity contribution in [1.29, 1.82) is 0 Å². The standard InChI is InChI=1S/C18H19N3O3S/c22-16(21-9-1-2-10-21)12-19-17(23)13-5-7-14(8-6-13)20-18(24)15-4-3-11-25-15/h3-8,11H,1-2,9-10,12H2,(H,19,23)(H,20,24). The minimum atomic E-state index is -0.302. The molecule has 1 aliphatic rings. The Morgan fingerprint density at radius 2 is 1.72 bits per heavy atom.